The molecule has 3 aromatic rings. The largest absolute Gasteiger partial charge is 0.493 e. The number of amides is 1. The lowest BCUT2D eigenvalue weighted by Gasteiger charge is -2.41. The fraction of sp³-hybridized carbons (Fsp3) is 0.516. The summed E-state index contributed by atoms with van der Waals surface area (Å²) in [6.45, 7) is 4.66. The number of nitrogens with one attached hydrogen (secondary N) is 1. The first-order valence-electron chi connectivity index (χ1n) is 13.9. The molecule has 1 aliphatic heterocycles. The molecule has 6 rings (SSSR count). The van der Waals surface area contributed by atoms with Crippen LogP contribution in [0.5, 0.6) is 5.75 Å². The van der Waals surface area contributed by atoms with Gasteiger partial charge in [-0.1, -0.05) is 31.5 Å². The molecule has 0 unspecified atom stereocenters. The van der Waals surface area contributed by atoms with Gasteiger partial charge < -0.3 is 14.6 Å². The molecule has 1 amide bonds. The zero-order valence-electron chi connectivity index (χ0n) is 21.7. The van der Waals surface area contributed by atoms with E-state index in [1.165, 1.54) is 31.4 Å². The number of carbonyl (C=O) groups is 1. The summed E-state index contributed by atoms with van der Waals surface area (Å²) in [7, 11) is 0. The Morgan fingerprint density at radius 2 is 1.81 bits per heavy atom. The number of para-hydroxylation sites is 1. The summed E-state index contributed by atoms with van der Waals surface area (Å²) in [6, 6.07) is 9.49. The Kier molecular flexibility index (Phi) is 6.46. The van der Waals surface area contributed by atoms with Crippen molar-refractivity contribution in [1.29, 1.82) is 0 Å². The molecule has 2 fully saturated rings. The predicted octanol–water partition coefficient (Wildman–Crippen LogP) is 7.31. The number of benzene rings is 2. The van der Waals surface area contributed by atoms with Crippen LogP contribution in [0.25, 0.3) is 10.9 Å². The number of rotatable bonds is 8. The van der Waals surface area contributed by atoms with Crippen LogP contribution in [0.1, 0.15) is 81.7 Å². The van der Waals surface area contributed by atoms with Crippen molar-refractivity contribution in [3.63, 3.8) is 0 Å². The average Bonchev–Trinajstić information content (AvgIpc) is 3.58. The van der Waals surface area contributed by atoms with Crippen LogP contribution >= 0.6 is 0 Å². The van der Waals surface area contributed by atoms with E-state index >= 15 is 8.78 Å². The van der Waals surface area contributed by atoms with Crippen LogP contribution in [-0.2, 0) is 11.2 Å². The molecule has 4 nitrogen and oxygen atoms in total. The standard InChI is InChI=1S/C31H36F2N2O2/c1-3-19-13-21(14-19)10-11-37-22-16-25(32)29(26(33)17-22)31-30-24(23-6-4-5-7-27(23)34-30)12-18(2)35(31)28(36)15-20-8-9-20/h4-7,16-21,31,34H,3,8-15H2,1-2H3/t18-,19?,21?,31-/m1/s1. The third-order valence-corrected chi connectivity index (χ3v) is 8.85. The number of carbonyl (C=O) groups excluding carboxylic acids is 1. The molecule has 1 aromatic heterocycles. The van der Waals surface area contributed by atoms with E-state index in [0.717, 1.165) is 41.6 Å². The molecule has 1 N–H and O–H groups in total. The summed E-state index contributed by atoms with van der Waals surface area (Å²) < 4.78 is 37.3. The minimum atomic E-state index is -0.840. The van der Waals surface area contributed by atoms with Crippen molar-refractivity contribution in [2.45, 2.75) is 77.3 Å². The number of nitrogens with zero attached hydrogens (tertiary/aromatic N) is 1. The normalized spacial score (nSPS) is 25.1. The van der Waals surface area contributed by atoms with E-state index in [-0.39, 0.29) is 23.3 Å². The molecule has 196 valence electrons. The molecular weight excluding hydrogens is 470 g/mol. The molecule has 6 heteroatoms. The van der Waals surface area contributed by atoms with Gasteiger partial charge in [-0.15, -0.1) is 0 Å². The van der Waals surface area contributed by atoms with E-state index in [4.69, 9.17) is 4.74 Å². The monoisotopic (exact) mass is 506 g/mol. The fourth-order valence-electron chi connectivity index (χ4n) is 6.50. The fourth-order valence-corrected chi connectivity index (χ4v) is 6.50. The molecule has 3 aliphatic rings. The maximum absolute atomic E-state index is 15.8. The molecule has 2 saturated carbocycles. The van der Waals surface area contributed by atoms with E-state index in [2.05, 4.69) is 11.9 Å². The summed E-state index contributed by atoms with van der Waals surface area (Å²) in [4.78, 5) is 18.6. The first kappa shape index (κ1) is 24.4. The number of aromatic amines is 1. The van der Waals surface area contributed by atoms with Crippen LogP contribution in [-0.4, -0.2) is 28.4 Å². The van der Waals surface area contributed by atoms with Gasteiger partial charge in [-0.3, -0.25) is 4.79 Å². The summed E-state index contributed by atoms with van der Waals surface area (Å²) in [5.41, 5.74) is 2.59. The number of aromatic nitrogens is 1. The van der Waals surface area contributed by atoms with Crippen molar-refractivity contribution in [2.75, 3.05) is 6.61 Å². The second-order valence-corrected chi connectivity index (χ2v) is 11.5. The maximum Gasteiger partial charge on any atom is 0.223 e. The van der Waals surface area contributed by atoms with Crippen molar-refractivity contribution in [1.82, 2.24) is 9.88 Å². The lowest BCUT2D eigenvalue weighted by Crippen LogP contribution is -2.47. The van der Waals surface area contributed by atoms with E-state index in [1.807, 2.05) is 31.2 Å². The SMILES string of the molecule is CCC1CC(CCOc2cc(F)c([C@@H]3c4[nH]c5ccccc5c4C[C@@H](C)N3C(=O)CC3CC3)c(F)c2)C1. The van der Waals surface area contributed by atoms with Gasteiger partial charge in [-0.25, -0.2) is 8.78 Å². The Bertz CT molecular complexity index is 1280. The second kappa shape index (κ2) is 9.77. The third kappa shape index (κ3) is 4.64. The van der Waals surface area contributed by atoms with Crippen LogP contribution in [0, 0.1) is 29.4 Å². The predicted molar refractivity (Wildman–Crippen MR) is 140 cm³/mol. The first-order chi connectivity index (χ1) is 17.9. The van der Waals surface area contributed by atoms with Crippen LogP contribution < -0.4 is 4.74 Å². The van der Waals surface area contributed by atoms with Gasteiger partial charge in [0, 0.05) is 41.2 Å². The lowest BCUT2D eigenvalue weighted by atomic mass is 9.72. The Morgan fingerprint density at radius 1 is 1.08 bits per heavy atom. The number of hydrogen-bond donors (Lipinski definition) is 1. The number of hydrogen-bond acceptors (Lipinski definition) is 2. The van der Waals surface area contributed by atoms with Gasteiger partial charge in [0.05, 0.1) is 12.2 Å². The second-order valence-electron chi connectivity index (χ2n) is 11.5. The Balaban J connectivity index is 1.32. The molecule has 2 heterocycles. The van der Waals surface area contributed by atoms with Crippen molar-refractivity contribution < 1.29 is 18.3 Å². The van der Waals surface area contributed by atoms with Gasteiger partial charge in [0.2, 0.25) is 5.91 Å². The van der Waals surface area contributed by atoms with E-state index in [0.29, 0.717) is 37.0 Å². The minimum absolute atomic E-state index is 0.0330. The van der Waals surface area contributed by atoms with E-state index < -0.39 is 17.7 Å². The van der Waals surface area contributed by atoms with Gasteiger partial charge in [0.25, 0.3) is 0 Å². The number of fused-ring (bicyclic) bond motifs is 3. The minimum Gasteiger partial charge on any atom is -0.493 e. The maximum atomic E-state index is 15.8. The highest BCUT2D eigenvalue weighted by Gasteiger charge is 2.42. The zero-order valence-corrected chi connectivity index (χ0v) is 21.7. The zero-order chi connectivity index (χ0) is 25.7. The highest BCUT2D eigenvalue weighted by atomic mass is 19.1. The lowest BCUT2D eigenvalue weighted by molar-refractivity contribution is -0.136. The molecule has 0 saturated heterocycles. The highest BCUT2D eigenvalue weighted by molar-refractivity contribution is 5.87. The van der Waals surface area contributed by atoms with Crippen molar-refractivity contribution >= 4 is 16.8 Å². The smallest absolute Gasteiger partial charge is 0.223 e. The molecule has 2 atom stereocenters. The molecule has 0 radical (unpaired) electrons. The van der Waals surface area contributed by atoms with E-state index in [1.54, 1.807) is 4.90 Å². The first-order valence-corrected chi connectivity index (χ1v) is 13.9. The molecule has 0 bridgehead atoms. The number of ether oxygens (including phenoxy) is 1. The Labute approximate surface area is 217 Å². The van der Waals surface area contributed by atoms with Crippen molar-refractivity contribution in [2.24, 2.45) is 17.8 Å². The molecular formula is C31H36F2N2O2. The Hall–Kier alpha value is -2.89. The average molecular weight is 507 g/mol. The van der Waals surface area contributed by atoms with Crippen LogP contribution in [0.3, 0.4) is 0 Å². The van der Waals surface area contributed by atoms with Crippen LogP contribution in [0.4, 0.5) is 8.78 Å². The topological polar surface area (TPSA) is 45.3 Å². The van der Waals surface area contributed by atoms with Gasteiger partial charge in [0.15, 0.2) is 0 Å². The highest BCUT2D eigenvalue weighted by Crippen LogP contribution is 2.45. The van der Waals surface area contributed by atoms with Gasteiger partial charge in [-0.2, -0.15) is 0 Å². The van der Waals surface area contributed by atoms with Crippen LogP contribution in [0.15, 0.2) is 36.4 Å². The molecule has 2 aliphatic carbocycles. The van der Waals surface area contributed by atoms with E-state index in [9.17, 15) is 4.79 Å². The molecule has 37 heavy (non-hydrogen) atoms. The summed E-state index contributed by atoms with van der Waals surface area (Å²) >= 11 is 0. The third-order valence-electron chi connectivity index (χ3n) is 8.85. The summed E-state index contributed by atoms with van der Waals surface area (Å²) in [5.74, 6) is 0.690. The van der Waals surface area contributed by atoms with Gasteiger partial charge in [-0.05, 0) is 74.8 Å². The Morgan fingerprint density at radius 3 is 2.51 bits per heavy atom. The summed E-state index contributed by atoms with van der Waals surface area (Å²) in [5, 5.41) is 1.05. The summed E-state index contributed by atoms with van der Waals surface area (Å²) in [6.07, 6.45) is 7.74. The number of H-pyrrole nitrogens is 1. The van der Waals surface area contributed by atoms with Crippen LogP contribution in [0.2, 0.25) is 0 Å². The van der Waals surface area contributed by atoms with Gasteiger partial charge in [0.1, 0.15) is 23.4 Å². The molecule has 2 aromatic carbocycles. The number of halogens is 2. The van der Waals surface area contributed by atoms with Crippen molar-refractivity contribution in [3.8, 4) is 5.75 Å². The quantitative estimate of drug-likeness (QED) is 0.348. The molecule has 0 spiro atoms. The van der Waals surface area contributed by atoms with Crippen molar-refractivity contribution in [3.05, 3.63) is 64.9 Å². The van der Waals surface area contributed by atoms with Gasteiger partial charge >= 0.3 is 0 Å².